The molecule has 0 unspecified atom stereocenters. The molecule has 21 heavy (non-hydrogen) atoms. The maximum absolute atomic E-state index is 14.1. The molecule has 2 aromatic carbocycles. The van der Waals surface area contributed by atoms with Gasteiger partial charge in [0, 0.05) is 12.1 Å². The number of nitrogens with zero attached hydrogens (tertiary/aromatic N) is 2. The molecular formula is C17H18FN3. The lowest BCUT2D eigenvalue weighted by Crippen LogP contribution is -2.37. The third kappa shape index (κ3) is 2.67. The number of rotatable bonds is 3. The van der Waals surface area contributed by atoms with Gasteiger partial charge in [-0.25, -0.2) is 9.37 Å². The lowest BCUT2D eigenvalue weighted by atomic mass is 10.1. The van der Waals surface area contributed by atoms with E-state index in [-0.39, 0.29) is 5.82 Å². The molecule has 3 aromatic rings. The monoisotopic (exact) mass is 283 g/mol. The van der Waals surface area contributed by atoms with Crippen molar-refractivity contribution in [3.63, 3.8) is 0 Å². The highest BCUT2D eigenvalue weighted by Gasteiger charge is 2.20. The van der Waals surface area contributed by atoms with Gasteiger partial charge in [-0.2, -0.15) is 0 Å². The first-order chi connectivity index (χ1) is 9.96. The molecule has 2 N–H and O–H groups in total. The van der Waals surface area contributed by atoms with Gasteiger partial charge in [-0.05, 0) is 38.1 Å². The van der Waals surface area contributed by atoms with E-state index >= 15 is 0 Å². The zero-order chi connectivity index (χ0) is 15.0. The Balaban J connectivity index is 2.27. The fourth-order valence-electron chi connectivity index (χ4n) is 2.49. The Bertz CT molecular complexity index is 784. The summed E-state index contributed by atoms with van der Waals surface area (Å²) in [4.78, 5) is 4.60. The standard InChI is InChI=1S/C17H18FN3/c1-17(2,19)11-21-15-10-6-5-9-14(15)20-16(21)12-7-3-4-8-13(12)18/h3-10H,11,19H2,1-2H3. The highest BCUT2D eigenvalue weighted by Crippen LogP contribution is 2.27. The molecule has 0 saturated heterocycles. The molecule has 0 amide bonds. The molecule has 4 heteroatoms. The number of benzene rings is 2. The van der Waals surface area contributed by atoms with Gasteiger partial charge in [0.2, 0.25) is 0 Å². The van der Waals surface area contributed by atoms with E-state index in [4.69, 9.17) is 5.73 Å². The number of para-hydroxylation sites is 2. The predicted octanol–water partition coefficient (Wildman–Crippen LogP) is 3.58. The molecular weight excluding hydrogens is 265 g/mol. The Kier molecular flexibility index (Phi) is 3.26. The molecule has 0 atom stereocenters. The Morgan fingerprint density at radius 1 is 1.10 bits per heavy atom. The smallest absolute Gasteiger partial charge is 0.144 e. The molecule has 0 aliphatic carbocycles. The topological polar surface area (TPSA) is 43.8 Å². The van der Waals surface area contributed by atoms with Gasteiger partial charge in [0.05, 0.1) is 16.6 Å². The number of hydrogen-bond acceptors (Lipinski definition) is 2. The van der Waals surface area contributed by atoms with Crippen molar-refractivity contribution in [2.24, 2.45) is 5.73 Å². The van der Waals surface area contributed by atoms with Crippen molar-refractivity contribution in [3.05, 3.63) is 54.3 Å². The number of imidazole rings is 1. The number of aromatic nitrogens is 2. The Hall–Kier alpha value is -2.20. The molecule has 0 aliphatic heterocycles. The molecule has 1 aromatic heterocycles. The summed E-state index contributed by atoms with van der Waals surface area (Å²) in [5, 5.41) is 0. The summed E-state index contributed by atoms with van der Waals surface area (Å²) in [5.74, 6) is 0.344. The van der Waals surface area contributed by atoms with E-state index in [1.807, 2.05) is 48.7 Å². The van der Waals surface area contributed by atoms with Crippen LogP contribution in [0.3, 0.4) is 0 Å². The van der Waals surface area contributed by atoms with Crippen molar-refractivity contribution in [3.8, 4) is 11.4 Å². The van der Waals surface area contributed by atoms with Crippen LogP contribution < -0.4 is 5.73 Å². The minimum Gasteiger partial charge on any atom is -0.324 e. The van der Waals surface area contributed by atoms with E-state index in [0.29, 0.717) is 17.9 Å². The zero-order valence-corrected chi connectivity index (χ0v) is 12.2. The van der Waals surface area contributed by atoms with Crippen LogP contribution in [-0.4, -0.2) is 15.1 Å². The number of hydrogen-bond donors (Lipinski definition) is 1. The van der Waals surface area contributed by atoms with Crippen LogP contribution in [0.5, 0.6) is 0 Å². The maximum Gasteiger partial charge on any atom is 0.144 e. The van der Waals surface area contributed by atoms with Gasteiger partial charge < -0.3 is 10.3 Å². The van der Waals surface area contributed by atoms with E-state index in [1.165, 1.54) is 6.07 Å². The summed E-state index contributed by atoms with van der Waals surface area (Å²) in [6.07, 6.45) is 0. The first-order valence-electron chi connectivity index (χ1n) is 6.95. The third-order valence-electron chi connectivity index (χ3n) is 3.33. The van der Waals surface area contributed by atoms with Crippen LogP contribution in [0.25, 0.3) is 22.4 Å². The predicted molar refractivity (Wildman–Crippen MR) is 83.4 cm³/mol. The summed E-state index contributed by atoms with van der Waals surface area (Å²) < 4.78 is 16.1. The van der Waals surface area contributed by atoms with Crippen molar-refractivity contribution in [2.75, 3.05) is 0 Å². The summed E-state index contributed by atoms with van der Waals surface area (Å²) >= 11 is 0. The zero-order valence-electron chi connectivity index (χ0n) is 12.2. The van der Waals surface area contributed by atoms with Crippen molar-refractivity contribution in [1.29, 1.82) is 0 Å². The van der Waals surface area contributed by atoms with Gasteiger partial charge in [-0.1, -0.05) is 24.3 Å². The second-order valence-electron chi connectivity index (χ2n) is 5.98. The molecule has 0 saturated carbocycles. The van der Waals surface area contributed by atoms with Crippen LogP contribution in [0.4, 0.5) is 4.39 Å². The molecule has 1 heterocycles. The van der Waals surface area contributed by atoms with Gasteiger partial charge in [-0.3, -0.25) is 0 Å². The number of fused-ring (bicyclic) bond motifs is 1. The quantitative estimate of drug-likeness (QED) is 0.798. The Morgan fingerprint density at radius 3 is 2.48 bits per heavy atom. The minimum atomic E-state index is -0.413. The second kappa shape index (κ2) is 4.97. The van der Waals surface area contributed by atoms with Crippen LogP contribution in [0.1, 0.15) is 13.8 Å². The highest BCUT2D eigenvalue weighted by atomic mass is 19.1. The molecule has 3 rings (SSSR count). The molecule has 0 spiro atoms. The normalized spacial score (nSPS) is 12.0. The van der Waals surface area contributed by atoms with Crippen molar-refractivity contribution < 1.29 is 4.39 Å². The maximum atomic E-state index is 14.1. The average molecular weight is 283 g/mol. The van der Waals surface area contributed by atoms with E-state index in [0.717, 1.165) is 11.0 Å². The van der Waals surface area contributed by atoms with Crippen molar-refractivity contribution >= 4 is 11.0 Å². The summed E-state index contributed by atoms with van der Waals surface area (Å²) in [5.41, 5.74) is 8.06. The van der Waals surface area contributed by atoms with Crippen LogP contribution in [0, 0.1) is 5.82 Å². The lowest BCUT2D eigenvalue weighted by Gasteiger charge is -2.21. The van der Waals surface area contributed by atoms with Gasteiger partial charge in [0.25, 0.3) is 0 Å². The van der Waals surface area contributed by atoms with Crippen LogP contribution in [0.15, 0.2) is 48.5 Å². The van der Waals surface area contributed by atoms with E-state index in [2.05, 4.69) is 4.98 Å². The molecule has 0 fully saturated rings. The lowest BCUT2D eigenvalue weighted by molar-refractivity contribution is 0.442. The first-order valence-corrected chi connectivity index (χ1v) is 6.95. The first kappa shape index (κ1) is 13.8. The van der Waals surface area contributed by atoms with Crippen molar-refractivity contribution in [2.45, 2.75) is 25.9 Å². The summed E-state index contributed by atoms with van der Waals surface area (Å²) in [6, 6.07) is 14.5. The number of nitrogens with two attached hydrogens (primary N) is 1. The van der Waals surface area contributed by atoms with Crippen LogP contribution >= 0.6 is 0 Å². The summed E-state index contributed by atoms with van der Waals surface area (Å²) in [7, 11) is 0. The molecule has 108 valence electrons. The van der Waals surface area contributed by atoms with Crippen molar-refractivity contribution in [1.82, 2.24) is 9.55 Å². The molecule has 0 aliphatic rings. The highest BCUT2D eigenvalue weighted by molar-refractivity contribution is 5.80. The molecule has 3 nitrogen and oxygen atoms in total. The minimum absolute atomic E-state index is 0.274. The van der Waals surface area contributed by atoms with Gasteiger partial charge in [-0.15, -0.1) is 0 Å². The average Bonchev–Trinajstić information content (AvgIpc) is 2.76. The Morgan fingerprint density at radius 2 is 1.76 bits per heavy atom. The molecule has 0 radical (unpaired) electrons. The van der Waals surface area contributed by atoms with Gasteiger partial charge in [0.15, 0.2) is 0 Å². The van der Waals surface area contributed by atoms with Gasteiger partial charge in [0.1, 0.15) is 11.6 Å². The van der Waals surface area contributed by atoms with E-state index < -0.39 is 5.54 Å². The summed E-state index contributed by atoms with van der Waals surface area (Å²) in [6.45, 7) is 4.47. The second-order valence-corrected chi connectivity index (χ2v) is 5.98. The van der Waals surface area contributed by atoms with E-state index in [1.54, 1.807) is 12.1 Å². The largest absolute Gasteiger partial charge is 0.324 e. The fourth-order valence-corrected chi connectivity index (χ4v) is 2.49. The number of halogens is 1. The Labute approximate surface area is 123 Å². The van der Waals surface area contributed by atoms with Crippen LogP contribution in [0.2, 0.25) is 0 Å². The third-order valence-corrected chi connectivity index (χ3v) is 3.33. The SMILES string of the molecule is CC(C)(N)Cn1c(-c2ccccc2F)nc2ccccc21. The van der Waals surface area contributed by atoms with E-state index in [9.17, 15) is 4.39 Å². The molecule has 0 bridgehead atoms. The van der Waals surface area contributed by atoms with Gasteiger partial charge >= 0.3 is 0 Å². The van der Waals surface area contributed by atoms with Crippen LogP contribution in [-0.2, 0) is 6.54 Å². The fraction of sp³-hybridized carbons (Fsp3) is 0.235.